The van der Waals surface area contributed by atoms with E-state index in [0.29, 0.717) is 0 Å². The van der Waals surface area contributed by atoms with Crippen LogP contribution in [0.25, 0.3) is 0 Å². The van der Waals surface area contributed by atoms with E-state index in [0.717, 1.165) is 35.7 Å². The van der Waals surface area contributed by atoms with Gasteiger partial charge in [0.2, 0.25) is 6.17 Å². The van der Waals surface area contributed by atoms with Crippen molar-refractivity contribution in [3.8, 4) is 0 Å². The molecule has 0 unspecified atom stereocenters. The summed E-state index contributed by atoms with van der Waals surface area (Å²) in [6.45, 7) is 0. The third kappa shape index (κ3) is 4.60. The second-order valence-corrected chi connectivity index (χ2v) is 5.91. The van der Waals surface area contributed by atoms with Gasteiger partial charge in [0, 0.05) is 10.9 Å². The molecule has 2 rings (SSSR count). The second kappa shape index (κ2) is 7.04. The van der Waals surface area contributed by atoms with Gasteiger partial charge in [-0.2, -0.15) is 0 Å². The Labute approximate surface area is 121 Å². The number of carbonyl (C=O) groups excluding carboxylic acids is 1. The smallest absolute Gasteiger partial charge is 0.341 e. The van der Waals surface area contributed by atoms with Crippen molar-refractivity contribution < 1.29 is 13.9 Å². The normalized spacial score (nSPS) is 18.0. The average molecular weight is 329 g/mol. The minimum Gasteiger partial charge on any atom is -0.460 e. The largest absolute Gasteiger partial charge is 0.460 e. The molecule has 104 valence electrons. The van der Waals surface area contributed by atoms with Crippen molar-refractivity contribution in [3.63, 3.8) is 0 Å². The van der Waals surface area contributed by atoms with E-state index in [4.69, 9.17) is 4.74 Å². The predicted molar refractivity (Wildman–Crippen MR) is 75.7 cm³/mol. The Balaban J connectivity index is 1.83. The quantitative estimate of drug-likeness (QED) is 0.774. The van der Waals surface area contributed by atoms with Crippen LogP contribution in [0.15, 0.2) is 28.7 Å². The zero-order chi connectivity index (χ0) is 13.7. The van der Waals surface area contributed by atoms with Crippen LogP contribution in [0, 0.1) is 0 Å². The molecule has 0 aliphatic heterocycles. The van der Waals surface area contributed by atoms with E-state index in [1.165, 1.54) is 6.42 Å². The van der Waals surface area contributed by atoms with Gasteiger partial charge in [-0.3, -0.25) is 0 Å². The molecule has 4 heteroatoms. The van der Waals surface area contributed by atoms with Gasteiger partial charge in [-0.05, 0) is 43.4 Å². The molecule has 0 spiro atoms. The zero-order valence-electron chi connectivity index (χ0n) is 10.8. The minimum atomic E-state index is -1.57. The van der Waals surface area contributed by atoms with Crippen molar-refractivity contribution in [1.82, 2.24) is 0 Å². The maximum atomic E-state index is 13.9. The fraction of sp³-hybridized carbons (Fsp3) is 0.533. The van der Waals surface area contributed by atoms with E-state index < -0.39 is 12.1 Å². The molecule has 1 saturated carbocycles. The Morgan fingerprint density at radius 1 is 1.26 bits per heavy atom. The molecular formula is C15H18BrFO2. The number of alkyl halides is 1. The molecule has 0 amide bonds. The Bertz CT molecular complexity index is 413. The van der Waals surface area contributed by atoms with Crippen molar-refractivity contribution in [2.24, 2.45) is 0 Å². The predicted octanol–water partition coefficient (Wildman–Crippen LogP) is 4.21. The summed E-state index contributed by atoms with van der Waals surface area (Å²) in [6, 6.07) is 7.30. The molecular weight excluding hydrogens is 311 g/mol. The summed E-state index contributed by atoms with van der Waals surface area (Å²) in [5, 5.41) is 0. The number of hydrogen-bond donors (Lipinski definition) is 0. The second-order valence-electron chi connectivity index (χ2n) is 5.00. The van der Waals surface area contributed by atoms with E-state index in [-0.39, 0.29) is 12.5 Å². The fourth-order valence-electron chi connectivity index (χ4n) is 2.33. The monoisotopic (exact) mass is 328 g/mol. The lowest BCUT2D eigenvalue weighted by molar-refractivity contribution is -0.156. The van der Waals surface area contributed by atoms with Gasteiger partial charge in [-0.1, -0.05) is 34.5 Å². The van der Waals surface area contributed by atoms with Crippen LogP contribution < -0.4 is 0 Å². The summed E-state index contributed by atoms with van der Waals surface area (Å²) in [7, 11) is 0. The van der Waals surface area contributed by atoms with Gasteiger partial charge < -0.3 is 4.74 Å². The standard InChI is InChI=1S/C15H18BrFO2/c16-12-8-6-11(7-9-12)10-14(17)15(18)19-13-4-2-1-3-5-13/h6-9,13-14H,1-5,10H2/t14-/m0/s1. The van der Waals surface area contributed by atoms with E-state index in [9.17, 15) is 9.18 Å². The molecule has 0 bridgehead atoms. The third-order valence-corrected chi connectivity index (χ3v) is 3.95. The van der Waals surface area contributed by atoms with Gasteiger partial charge in [-0.15, -0.1) is 0 Å². The Hall–Kier alpha value is -0.900. The molecule has 0 saturated heterocycles. The molecule has 0 radical (unpaired) electrons. The van der Waals surface area contributed by atoms with Gasteiger partial charge in [0.1, 0.15) is 6.10 Å². The van der Waals surface area contributed by atoms with Gasteiger partial charge >= 0.3 is 5.97 Å². The summed E-state index contributed by atoms with van der Waals surface area (Å²) in [5.41, 5.74) is 0.802. The number of hydrogen-bond acceptors (Lipinski definition) is 2. The molecule has 19 heavy (non-hydrogen) atoms. The molecule has 1 atom stereocenters. The molecule has 1 aliphatic carbocycles. The lowest BCUT2D eigenvalue weighted by Gasteiger charge is -2.22. The number of ether oxygens (including phenoxy) is 1. The number of halogens is 2. The van der Waals surface area contributed by atoms with E-state index in [1.807, 2.05) is 24.3 Å². The number of carbonyl (C=O) groups is 1. The van der Waals surface area contributed by atoms with Crippen LogP contribution in [-0.4, -0.2) is 18.2 Å². The highest BCUT2D eigenvalue weighted by Gasteiger charge is 2.24. The molecule has 1 aliphatic rings. The minimum absolute atomic E-state index is 0.0792. The fourth-order valence-corrected chi connectivity index (χ4v) is 2.60. The average Bonchev–Trinajstić information content (AvgIpc) is 2.42. The van der Waals surface area contributed by atoms with Crippen LogP contribution in [0.2, 0.25) is 0 Å². The van der Waals surface area contributed by atoms with Crippen LogP contribution in [0.3, 0.4) is 0 Å². The molecule has 1 fully saturated rings. The summed E-state index contributed by atoms with van der Waals surface area (Å²) >= 11 is 3.32. The Kier molecular flexibility index (Phi) is 5.37. The van der Waals surface area contributed by atoms with Crippen LogP contribution in [0.4, 0.5) is 4.39 Å². The van der Waals surface area contributed by atoms with Gasteiger partial charge in [0.25, 0.3) is 0 Å². The summed E-state index contributed by atoms with van der Waals surface area (Å²) in [5.74, 6) is -0.713. The first-order valence-electron chi connectivity index (χ1n) is 6.74. The third-order valence-electron chi connectivity index (χ3n) is 3.42. The molecule has 0 heterocycles. The number of esters is 1. The van der Waals surface area contributed by atoms with Gasteiger partial charge in [0.15, 0.2) is 0 Å². The SMILES string of the molecule is O=C(OC1CCCCC1)[C@@H](F)Cc1ccc(Br)cc1. The van der Waals surface area contributed by atoms with Crippen LogP contribution in [0.5, 0.6) is 0 Å². The molecule has 0 N–H and O–H groups in total. The van der Waals surface area contributed by atoms with Crippen LogP contribution in [-0.2, 0) is 16.0 Å². The maximum Gasteiger partial charge on any atom is 0.341 e. The first-order valence-corrected chi connectivity index (χ1v) is 7.53. The summed E-state index contributed by atoms with van der Waals surface area (Å²) in [4.78, 5) is 11.7. The van der Waals surface area contributed by atoms with Crippen molar-refractivity contribution in [2.75, 3.05) is 0 Å². The molecule has 2 nitrogen and oxygen atoms in total. The van der Waals surface area contributed by atoms with Gasteiger partial charge in [0.05, 0.1) is 0 Å². The first-order chi connectivity index (χ1) is 9.15. The zero-order valence-corrected chi connectivity index (χ0v) is 12.4. The van der Waals surface area contributed by atoms with Crippen molar-refractivity contribution in [2.45, 2.75) is 50.8 Å². The number of benzene rings is 1. The molecule has 1 aromatic carbocycles. The van der Waals surface area contributed by atoms with Gasteiger partial charge in [-0.25, -0.2) is 9.18 Å². The highest BCUT2D eigenvalue weighted by molar-refractivity contribution is 9.10. The number of rotatable bonds is 4. The summed E-state index contributed by atoms with van der Waals surface area (Å²) < 4.78 is 20.0. The highest BCUT2D eigenvalue weighted by Crippen LogP contribution is 2.21. The maximum absolute atomic E-state index is 13.9. The first kappa shape index (κ1) is 14.5. The van der Waals surface area contributed by atoms with Crippen LogP contribution in [0.1, 0.15) is 37.7 Å². The lowest BCUT2D eigenvalue weighted by atomic mass is 9.98. The van der Waals surface area contributed by atoms with E-state index >= 15 is 0 Å². The highest BCUT2D eigenvalue weighted by atomic mass is 79.9. The topological polar surface area (TPSA) is 26.3 Å². The van der Waals surface area contributed by atoms with E-state index in [2.05, 4.69) is 15.9 Å². The van der Waals surface area contributed by atoms with Crippen molar-refractivity contribution in [3.05, 3.63) is 34.3 Å². The lowest BCUT2D eigenvalue weighted by Crippen LogP contribution is -2.28. The molecule has 0 aromatic heterocycles. The van der Waals surface area contributed by atoms with Crippen molar-refractivity contribution in [1.29, 1.82) is 0 Å². The summed E-state index contributed by atoms with van der Waals surface area (Å²) in [6.07, 6.45) is 3.51. The van der Waals surface area contributed by atoms with Crippen molar-refractivity contribution >= 4 is 21.9 Å². The Morgan fingerprint density at radius 3 is 2.53 bits per heavy atom. The van der Waals surface area contributed by atoms with Crippen LogP contribution >= 0.6 is 15.9 Å². The van der Waals surface area contributed by atoms with E-state index in [1.54, 1.807) is 0 Å². The Morgan fingerprint density at radius 2 is 1.89 bits per heavy atom. The molecule has 1 aromatic rings.